The maximum atomic E-state index is 13.6. The molecular weight excluding hydrogens is 273 g/mol. The molecule has 0 radical (unpaired) electrons. The van der Waals surface area contributed by atoms with E-state index in [1.807, 2.05) is 0 Å². The highest BCUT2D eigenvalue weighted by molar-refractivity contribution is 7.15. The molecule has 0 aliphatic carbocycles. The highest BCUT2D eigenvalue weighted by Gasteiger charge is 2.16. The van der Waals surface area contributed by atoms with Gasteiger partial charge in [0.1, 0.15) is 5.01 Å². The minimum atomic E-state index is -1.46. The van der Waals surface area contributed by atoms with Gasteiger partial charge in [-0.2, -0.15) is 0 Å². The van der Waals surface area contributed by atoms with Gasteiger partial charge in [0.15, 0.2) is 17.5 Å². The third kappa shape index (κ3) is 3.13. The number of hydrogen-bond donors (Lipinski definition) is 1. The summed E-state index contributed by atoms with van der Waals surface area (Å²) in [5.41, 5.74) is -0.00867. The van der Waals surface area contributed by atoms with Gasteiger partial charge in [-0.25, -0.2) is 18.2 Å². The summed E-state index contributed by atoms with van der Waals surface area (Å²) < 4.78 is 39.6. The van der Waals surface area contributed by atoms with Crippen molar-refractivity contribution in [1.82, 2.24) is 10.3 Å². The summed E-state index contributed by atoms with van der Waals surface area (Å²) in [4.78, 5) is 4.97. The molecular formula is C13H13F3N2S. The van der Waals surface area contributed by atoms with E-state index in [4.69, 9.17) is 0 Å². The fraction of sp³-hybridized carbons (Fsp3) is 0.308. The van der Waals surface area contributed by atoms with Crippen LogP contribution in [0.1, 0.15) is 18.2 Å². The van der Waals surface area contributed by atoms with E-state index in [0.717, 1.165) is 23.9 Å². The molecule has 0 unspecified atom stereocenters. The zero-order valence-electron chi connectivity index (χ0n) is 10.3. The lowest BCUT2D eigenvalue weighted by molar-refractivity contribution is 0.449. The predicted molar refractivity (Wildman–Crippen MR) is 69.4 cm³/mol. The summed E-state index contributed by atoms with van der Waals surface area (Å²) in [7, 11) is 0. The highest BCUT2D eigenvalue weighted by Crippen LogP contribution is 2.29. The Kier molecular flexibility index (Phi) is 4.55. The summed E-state index contributed by atoms with van der Waals surface area (Å²) >= 11 is 1.26. The molecule has 1 aromatic carbocycles. The number of benzene rings is 1. The average molecular weight is 286 g/mol. The normalized spacial score (nSPS) is 10.9. The van der Waals surface area contributed by atoms with Crippen LogP contribution in [-0.2, 0) is 6.54 Å². The van der Waals surface area contributed by atoms with Crippen molar-refractivity contribution >= 4 is 11.3 Å². The fourth-order valence-corrected chi connectivity index (χ4v) is 2.49. The fourth-order valence-electron chi connectivity index (χ4n) is 1.59. The maximum Gasteiger partial charge on any atom is 0.195 e. The Bertz CT molecular complexity index is 569. The molecule has 0 bridgehead atoms. The second kappa shape index (κ2) is 6.16. The lowest BCUT2D eigenvalue weighted by atomic mass is 10.2. The van der Waals surface area contributed by atoms with Crippen LogP contribution in [0, 0.1) is 17.5 Å². The smallest absolute Gasteiger partial charge is 0.195 e. The topological polar surface area (TPSA) is 24.9 Å². The first-order valence-corrected chi connectivity index (χ1v) is 6.74. The van der Waals surface area contributed by atoms with E-state index in [2.05, 4.69) is 17.2 Å². The largest absolute Gasteiger partial charge is 0.312 e. The number of halogens is 3. The van der Waals surface area contributed by atoms with Crippen LogP contribution < -0.4 is 5.32 Å². The molecule has 19 heavy (non-hydrogen) atoms. The van der Waals surface area contributed by atoms with Crippen molar-refractivity contribution in [3.8, 4) is 10.6 Å². The van der Waals surface area contributed by atoms with Crippen molar-refractivity contribution in [2.45, 2.75) is 19.9 Å². The van der Waals surface area contributed by atoms with Crippen LogP contribution in [0.3, 0.4) is 0 Å². The first-order chi connectivity index (χ1) is 9.13. The molecule has 1 N–H and O–H groups in total. The lowest BCUT2D eigenvalue weighted by Gasteiger charge is -2.01. The molecule has 0 fully saturated rings. The van der Waals surface area contributed by atoms with Gasteiger partial charge < -0.3 is 5.32 Å². The molecule has 6 heteroatoms. The van der Waals surface area contributed by atoms with Gasteiger partial charge in [0.2, 0.25) is 0 Å². The summed E-state index contributed by atoms with van der Waals surface area (Å²) in [5, 5.41) is 3.55. The highest BCUT2D eigenvalue weighted by atomic mass is 32.1. The number of aromatic nitrogens is 1. The van der Waals surface area contributed by atoms with Gasteiger partial charge in [-0.1, -0.05) is 6.92 Å². The quantitative estimate of drug-likeness (QED) is 0.669. The van der Waals surface area contributed by atoms with E-state index in [-0.39, 0.29) is 5.56 Å². The summed E-state index contributed by atoms with van der Waals surface area (Å²) in [6.07, 6.45) is 2.63. The molecule has 0 atom stereocenters. The number of nitrogens with one attached hydrogen (secondary N) is 1. The van der Waals surface area contributed by atoms with E-state index in [0.29, 0.717) is 11.6 Å². The molecule has 1 aromatic heterocycles. The molecule has 2 aromatic rings. The first kappa shape index (κ1) is 14.0. The number of rotatable bonds is 5. The molecule has 2 nitrogen and oxygen atoms in total. The van der Waals surface area contributed by atoms with Crippen molar-refractivity contribution in [2.75, 3.05) is 6.54 Å². The Morgan fingerprint density at radius 3 is 2.74 bits per heavy atom. The zero-order valence-corrected chi connectivity index (χ0v) is 11.2. The maximum absolute atomic E-state index is 13.6. The first-order valence-electron chi connectivity index (χ1n) is 5.92. The molecule has 2 rings (SSSR count). The monoisotopic (exact) mass is 286 g/mol. The molecule has 0 saturated heterocycles. The third-order valence-electron chi connectivity index (χ3n) is 2.55. The van der Waals surface area contributed by atoms with Crippen LogP contribution in [0.2, 0.25) is 0 Å². The van der Waals surface area contributed by atoms with Gasteiger partial charge in [-0.05, 0) is 25.1 Å². The van der Waals surface area contributed by atoms with Crippen LogP contribution in [-0.4, -0.2) is 11.5 Å². The second-order valence-electron chi connectivity index (χ2n) is 4.03. The van der Waals surface area contributed by atoms with Crippen molar-refractivity contribution in [3.63, 3.8) is 0 Å². The van der Waals surface area contributed by atoms with E-state index in [9.17, 15) is 13.2 Å². The summed E-state index contributed by atoms with van der Waals surface area (Å²) in [5.74, 6) is -3.84. The van der Waals surface area contributed by atoms with Gasteiger partial charge in [0.25, 0.3) is 0 Å². The van der Waals surface area contributed by atoms with Gasteiger partial charge in [-0.3, -0.25) is 0 Å². The molecule has 1 heterocycles. The van der Waals surface area contributed by atoms with Crippen LogP contribution in [0.25, 0.3) is 10.6 Å². The van der Waals surface area contributed by atoms with Crippen molar-refractivity contribution < 1.29 is 13.2 Å². The Hall–Kier alpha value is -1.40. The standard InChI is InChI=1S/C13H13F3N2S/c1-2-5-17-6-8-7-18-13(19-8)9-3-4-10(14)12(16)11(9)15/h3-4,7,17H,2,5-6H2,1H3. The van der Waals surface area contributed by atoms with Gasteiger partial charge in [0.05, 0.1) is 0 Å². The van der Waals surface area contributed by atoms with E-state index < -0.39 is 17.5 Å². The number of nitrogens with zero attached hydrogens (tertiary/aromatic N) is 1. The third-order valence-corrected chi connectivity index (χ3v) is 3.58. The van der Waals surface area contributed by atoms with Crippen molar-refractivity contribution in [3.05, 3.63) is 40.7 Å². The van der Waals surface area contributed by atoms with Crippen LogP contribution >= 0.6 is 11.3 Å². The number of thiazole rings is 1. The van der Waals surface area contributed by atoms with Gasteiger partial charge in [0, 0.05) is 23.2 Å². The van der Waals surface area contributed by atoms with Gasteiger partial charge >= 0.3 is 0 Å². The molecule has 0 saturated carbocycles. The minimum Gasteiger partial charge on any atom is -0.312 e. The molecule has 102 valence electrons. The second-order valence-corrected chi connectivity index (χ2v) is 5.15. The molecule has 0 aliphatic heterocycles. The Labute approximate surface area is 113 Å². The predicted octanol–water partition coefficient (Wildman–Crippen LogP) is 3.73. The van der Waals surface area contributed by atoms with Gasteiger partial charge in [-0.15, -0.1) is 11.3 Å². The Morgan fingerprint density at radius 1 is 1.21 bits per heavy atom. The molecule has 0 aliphatic rings. The van der Waals surface area contributed by atoms with E-state index in [1.165, 1.54) is 17.4 Å². The molecule has 0 spiro atoms. The zero-order chi connectivity index (χ0) is 13.8. The lowest BCUT2D eigenvalue weighted by Crippen LogP contribution is -2.12. The van der Waals surface area contributed by atoms with Crippen LogP contribution in [0.4, 0.5) is 13.2 Å². The SMILES string of the molecule is CCCNCc1cnc(-c2ccc(F)c(F)c2F)s1. The summed E-state index contributed by atoms with van der Waals surface area (Å²) in [6.45, 7) is 3.57. The van der Waals surface area contributed by atoms with Crippen LogP contribution in [0.5, 0.6) is 0 Å². The van der Waals surface area contributed by atoms with E-state index >= 15 is 0 Å². The summed E-state index contributed by atoms with van der Waals surface area (Å²) in [6, 6.07) is 2.11. The Balaban J connectivity index is 2.21. The van der Waals surface area contributed by atoms with E-state index in [1.54, 1.807) is 6.20 Å². The minimum absolute atomic E-state index is 0.00867. The Morgan fingerprint density at radius 2 is 2.00 bits per heavy atom. The van der Waals surface area contributed by atoms with Crippen molar-refractivity contribution in [1.29, 1.82) is 0 Å². The van der Waals surface area contributed by atoms with Crippen molar-refractivity contribution in [2.24, 2.45) is 0 Å². The number of hydrogen-bond acceptors (Lipinski definition) is 3. The van der Waals surface area contributed by atoms with Crippen LogP contribution in [0.15, 0.2) is 18.3 Å². The molecule has 0 amide bonds. The average Bonchev–Trinajstić information content (AvgIpc) is 2.85.